The van der Waals surface area contributed by atoms with Crippen molar-refractivity contribution in [3.8, 4) is 17.3 Å². The third-order valence-electron chi connectivity index (χ3n) is 10.0. The van der Waals surface area contributed by atoms with Crippen LogP contribution in [-0.4, -0.2) is 42.5 Å². The van der Waals surface area contributed by atoms with E-state index in [4.69, 9.17) is 6.13 Å². The van der Waals surface area contributed by atoms with Crippen LogP contribution in [0.2, 0.25) is 0 Å². The van der Waals surface area contributed by atoms with Gasteiger partial charge in [-0.2, -0.15) is 0 Å². The summed E-state index contributed by atoms with van der Waals surface area (Å²) in [6.45, 7) is 8.26. The van der Waals surface area contributed by atoms with Crippen molar-refractivity contribution in [3.05, 3.63) is 179 Å². The van der Waals surface area contributed by atoms with Gasteiger partial charge in [0.25, 0.3) is 0 Å². The first-order valence-electron chi connectivity index (χ1n) is 19.4. The Kier molecular flexibility index (Phi) is 15.9. The average molecular weight is 737 g/mol. The van der Waals surface area contributed by atoms with E-state index in [9.17, 15) is 9.90 Å². The Bertz CT molecular complexity index is 1980. The number of carbonyl (C=O) groups is 1. The first-order chi connectivity index (χ1) is 26.2. The monoisotopic (exact) mass is 736 g/mol. The summed E-state index contributed by atoms with van der Waals surface area (Å²) in [5.41, 5.74) is 12.3. The van der Waals surface area contributed by atoms with E-state index in [1.54, 1.807) is 6.92 Å². The Balaban J connectivity index is 1.47. The summed E-state index contributed by atoms with van der Waals surface area (Å²) >= 11 is 0. The van der Waals surface area contributed by atoms with Gasteiger partial charge in [0, 0.05) is 11.7 Å². The van der Waals surface area contributed by atoms with E-state index in [2.05, 4.69) is 151 Å². The van der Waals surface area contributed by atoms with Crippen molar-refractivity contribution in [2.75, 3.05) is 12.8 Å². The number of aliphatic hydroxyl groups is 1. The van der Waals surface area contributed by atoms with Gasteiger partial charge in [0.15, 0.2) is 0 Å². The fourth-order valence-corrected chi connectivity index (χ4v) is 7.87. The summed E-state index contributed by atoms with van der Waals surface area (Å²) in [5, 5.41) is 16.8. The Hall–Kier alpha value is -4.69. The first kappa shape index (κ1) is 40.5. The molecule has 0 spiro atoms. The molecule has 0 radical (unpaired) electrons. The molecule has 5 aromatic carbocycles. The standard InChI is InChI=1S/C49H57N2O2P/c1-37(20-21-39-14-8-5-9-15-39)50-48(28-29-54(3)4)35-47-34-45(27-26-44(47)25-24-41-18-12-7-13-19-41)46-31-42(23-22-40-16-10-6-11-17-40)30-43(32-46)33-49(36-52)51-38(2)53/h3,5-19,26-27,30-32,34,36,38,48-51,53H,1,20-25,28-29,33,35H2,2,4H3. The molecular formula is C49H57N2O2P. The smallest absolute Gasteiger partial charge is 0.137 e. The summed E-state index contributed by atoms with van der Waals surface area (Å²) in [4.78, 5) is 12.0. The number of allylic oxidation sites excluding steroid dienone is 1. The van der Waals surface area contributed by atoms with Crippen LogP contribution in [0.3, 0.4) is 0 Å². The summed E-state index contributed by atoms with van der Waals surface area (Å²) in [6, 6.07) is 45.4. The third kappa shape index (κ3) is 13.6. The molecule has 5 rings (SSSR count). The normalized spacial score (nSPS) is 13.1. The maximum atomic E-state index is 12.0. The molecule has 0 fully saturated rings. The van der Waals surface area contributed by atoms with Gasteiger partial charge < -0.3 is 15.2 Å². The molecule has 0 heterocycles. The Morgan fingerprint density at radius 3 is 1.87 bits per heavy atom. The molecule has 0 aliphatic heterocycles. The zero-order valence-corrected chi connectivity index (χ0v) is 33.0. The second-order valence-corrected chi connectivity index (χ2v) is 16.6. The van der Waals surface area contributed by atoms with Crippen LogP contribution in [0, 0.1) is 6.13 Å². The zero-order valence-electron chi connectivity index (χ0n) is 32.1. The Morgan fingerprint density at radius 2 is 1.28 bits per heavy atom. The lowest BCUT2D eigenvalue weighted by atomic mass is 9.89. The number of benzene rings is 5. The van der Waals surface area contributed by atoms with Crippen molar-refractivity contribution in [2.45, 2.75) is 83.0 Å². The van der Waals surface area contributed by atoms with E-state index >= 15 is 0 Å². The highest BCUT2D eigenvalue weighted by Crippen LogP contribution is 2.29. The number of aldehydes is 1. The summed E-state index contributed by atoms with van der Waals surface area (Å²) in [6.07, 6.45) is 15.4. The molecule has 0 amide bonds. The van der Waals surface area contributed by atoms with Crippen molar-refractivity contribution < 1.29 is 9.90 Å². The summed E-state index contributed by atoms with van der Waals surface area (Å²) < 4.78 is 0. The van der Waals surface area contributed by atoms with Gasteiger partial charge in [0.2, 0.25) is 0 Å². The van der Waals surface area contributed by atoms with Gasteiger partial charge in [-0.3, -0.25) is 5.32 Å². The zero-order chi connectivity index (χ0) is 38.1. The number of hydrogen-bond donors (Lipinski definition) is 3. The van der Waals surface area contributed by atoms with E-state index in [-0.39, 0.29) is 6.04 Å². The molecule has 0 aliphatic rings. The van der Waals surface area contributed by atoms with Crippen LogP contribution in [0.25, 0.3) is 11.1 Å². The molecular weight excluding hydrogens is 680 g/mol. The molecule has 0 bridgehead atoms. The van der Waals surface area contributed by atoms with Gasteiger partial charge in [0.1, 0.15) is 12.5 Å². The molecule has 0 saturated carbocycles. The van der Waals surface area contributed by atoms with Crippen LogP contribution >= 0.6 is 7.38 Å². The fourth-order valence-electron chi connectivity index (χ4n) is 7.15. The van der Waals surface area contributed by atoms with E-state index in [0.717, 1.165) is 80.6 Å². The van der Waals surface area contributed by atoms with Gasteiger partial charge in [-0.25, -0.2) is 0 Å². The maximum absolute atomic E-state index is 12.0. The third-order valence-corrected chi connectivity index (χ3v) is 11.0. The Morgan fingerprint density at radius 1 is 0.704 bits per heavy atom. The molecule has 0 saturated heterocycles. The predicted octanol–water partition coefficient (Wildman–Crippen LogP) is 9.70. The van der Waals surface area contributed by atoms with Crippen molar-refractivity contribution in [1.29, 1.82) is 0 Å². The van der Waals surface area contributed by atoms with Crippen LogP contribution in [0.1, 0.15) is 58.7 Å². The minimum atomic E-state index is -0.772. The molecule has 54 heavy (non-hydrogen) atoms. The molecule has 0 aliphatic carbocycles. The van der Waals surface area contributed by atoms with Crippen LogP contribution < -0.4 is 10.6 Å². The second kappa shape index (κ2) is 21.3. The second-order valence-electron chi connectivity index (χ2n) is 14.7. The first-order valence-corrected chi connectivity index (χ1v) is 21.4. The fraction of sp³-hybridized carbons (Fsp3) is 0.306. The Labute approximate surface area is 324 Å². The van der Waals surface area contributed by atoms with E-state index in [0.29, 0.717) is 6.42 Å². The van der Waals surface area contributed by atoms with Crippen LogP contribution in [0.5, 0.6) is 0 Å². The molecule has 5 heteroatoms. The van der Waals surface area contributed by atoms with Gasteiger partial charge >= 0.3 is 0 Å². The molecule has 5 aromatic rings. The van der Waals surface area contributed by atoms with Gasteiger partial charge in [-0.1, -0.05) is 134 Å². The van der Waals surface area contributed by atoms with Crippen molar-refractivity contribution in [1.82, 2.24) is 10.6 Å². The van der Waals surface area contributed by atoms with Crippen molar-refractivity contribution in [2.24, 2.45) is 0 Å². The lowest BCUT2D eigenvalue weighted by molar-refractivity contribution is -0.110. The number of hydrogen-bond acceptors (Lipinski definition) is 4. The molecule has 0 aromatic heterocycles. The number of carbonyl (C=O) groups excluding carboxylic acids is 1. The lowest BCUT2D eigenvalue weighted by Crippen LogP contribution is -2.38. The number of rotatable bonds is 21. The molecule has 4 unspecified atom stereocenters. The minimum absolute atomic E-state index is 0.208. The lowest BCUT2D eigenvalue weighted by Gasteiger charge is -2.24. The van der Waals surface area contributed by atoms with Crippen LogP contribution in [-0.2, 0) is 49.7 Å². The van der Waals surface area contributed by atoms with Crippen LogP contribution in [0.4, 0.5) is 0 Å². The van der Waals surface area contributed by atoms with Gasteiger partial charge in [-0.05, 0) is 128 Å². The topological polar surface area (TPSA) is 61.4 Å². The molecule has 4 atom stereocenters. The van der Waals surface area contributed by atoms with Crippen molar-refractivity contribution in [3.63, 3.8) is 0 Å². The quantitative estimate of drug-likeness (QED) is 0.0399. The highest BCUT2D eigenvalue weighted by Gasteiger charge is 2.17. The van der Waals surface area contributed by atoms with E-state index in [1.807, 2.05) is 0 Å². The maximum Gasteiger partial charge on any atom is 0.137 e. The highest BCUT2D eigenvalue weighted by molar-refractivity contribution is 7.45. The van der Waals surface area contributed by atoms with Gasteiger partial charge in [0.05, 0.1) is 6.04 Å². The largest absolute Gasteiger partial charge is 0.386 e. The molecule has 280 valence electrons. The SMILES string of the molecule is C#P(C)CCC(Cc1cc(-c2cc(CCc3ccccc3)cc(CC(C=O)NC(C)O)c2)ccc1CCc1ccccc1)NC(=C)CCc1ccccc1. The number of nitrogens with one attached hydrogen (secondary N) is 2. The average Bonchev–Trinajstić information content (AvgIpc) is 3.18. The van der Waals surface area contributed by atoms with Gasteiger partial charge in [-0.15, -0.1) is 13.5 Å². The minimum Gasteiger partial charge on any atom is -0.386 e. The van der Waals surface area contributed by atoms with E-state index in [1.165, 1.54) is 38.9 Å². The van der Waals surface area contributed by atoms with Crippen molar-refractivity contribution >= 4 is 13.7 Å². The van der Waals surface area contributed by atoms with E-state index < -0.39 is 19.6 Å². The molecule has 4 nitrogen and oxygen atoms in total. The summed E-state index contributed by atoms with van der Waals surface area (Å²) in [7, 11) is -0.522. The predicted molar refractivity (Wildman–Crippen MR) is 230 cm³/mol. The summed E-state index contributed by atoms with van der Waals surface area (Å²) in [5.74, 6) is 0. The number of aryl methyl sites for hydroxylation is 5. The van der Waals surface area contributed by atoms with Crippen LogP contribution in [0.15, 0.2) is 140 Å². The molecule has 3 N–H and O–H groups in total. The number of aliphatic hydroxyl groups excluding tert-OH is 1. The highest BCUT2D eigenvalue weighted by atomic mass is 31.1.